The van der Waals surface area contributed by atoms with E-state index in [1.807, 2.05) is 0 Å². The zero-order valence-electron chi connectivity index (χ0n) is 14.9. The molecule has 136 valence electrons. The number of phenols is 1. The number of nitrogens with zero attached hydrogens (tertiary/aromatic N) is 1. The molecule has 6 nitrogen and oxygen atoms in total. The van der Waals surface area contributed by atoms with Crippen molar-refractivity contribution >= 4 is 12.5 Å². The molecule has 25 heavy (non-hydrogen) atoms. The summed E-state index contributed by atoms with van der Waals surface area (Å²) in [5.41, 5.74) is 0.181. The summed E-state index contributed by atoms with van der Waals surface area (Å²) in [5, 5.41) is 20.6. The van der Waals surface area contributed by atoms with Crippen molar-refractivity contribution in [3.05, 3.63) is 35.7 Å². The van der Waals surface area contributed by atoms with Gasteiger partial charge in [0.05, 0.1) is 11.6 Å². The molecule has 2 rings (SSSR count). The number of allylic oxidation sites excluding steroid dienone is 1. The molecule has 1 aromatic rings. The highest BCUT2D eigenvalue weighted by atomic mass is 16.5. The van der Waals surface area contributed by atoms with Crippen LogP contribution in [-0.2, 0) is 0 Å². The van der Waals surface area contributed by atoms with Gasteiger partial charge in [-0.3, -0.25) is 4.79 Å². The van der Waals surface area contributed by atoms with Crippen LogP contribution in [0.15, 0.2) is 30.1 Å². The third-order valence-corrected chi connectivity index (χ3v) is 4.21. The van der Waals surface area contributed by atoms with Crippen molar-refractivity contribution < 1.29 is 14.6 Å². The van der Waals surface area contributed by atoms with E-state index in [0.29, 0.717) is 18.6 Å². The summed E-state index contributed by atoms with van der Waals surface area (Å²) >= 11 is 0. The molecule has 0 bridgehead atoms. The fraction of sp³-hybridized carbons (Fsp3) is 0.474. The number of carbonyl (C=O) groups is 1. The van der Waals surface area contributed by atoms with E-state index in [4.69, 9.17) is 10.1 Å². The van der Waals surface area contributed by atoms with Gasteiger partial charge in [-0.2, -0.15) is 0 Å². The highest BCUT2D eigenvalue weighted by Gasteiger charge is 2.25. The predicted molar refractivity (Wildman–Crippen MR) is 98.5 cm³/mol. The summed E-state index contributed by atoms with van der Waals surface area (Å²) in [7, 11) is 0. The Morgan fingerprint density at radius 3 is 2.96 bits per heavy atom. The SMILES string of the molecule is CC(C)N/C(=C\C=N)N1CCCC[C@H]1COc1cccc(O)c1C=O. The van der Waals surface area contributed by atoms with Crippen molar-refractivity contribution in [2.45, 2.75) is 45.2 Å². The van der Waals surface area contributed by atoms with Crippen LogP contribution in [0.4, 0.5) is 0 Å². The first kappa shape index (κ1) is 18.8. The normalized spacial score (nSPS) is 18.1. The number of carbonyl (C=O) groups excluding carboxylic acids is 1. The molecule has 1 heterocycles. The highest BCUT2D eigenvalue weighted by Crippen LogP contribution is 2.27. The second-order valence-corrected chi connectivity index (χ2v) is 6.48. The number of phenolic OH excluding ortho intramolecular Hbond substituents is 1. The van der Waals surface area contributed by atoms with Crippen LogP contribution >= 0.6 is 0 Å². The molecular formula is C19H27N3O3. The first-order chi connectivity index (χ1) is 12.1. The van der Waals surface area contributed by atoms with Crippen molar-refractivity contribution in [3.8, 4) is 11.5 Å². The third-order valence-electron chi connectivity index (χ3n) is 4.21. The predicted octanol–water partition coefficient (Wildman–Crippen LogP) is 2.93. The van der Waals surface area contributed by atoms with Crippen molar-refractivity contribution in [3.63, 3.8) is 0 Å². The molecule has 3 N–H and O–H groups in total. The van der Waals surface area contributed by atoms with Crippen LogP contribution in [0.2, 0.25) is 0 Å². The number of aromatic hydroxyl groups is 1. The Balaban J connectivity index is 2.13. The van der Waals surface area contributed by atoms with E-state index in [1.165, 1.54) is 12.3 Å². The van der Waals surface area contributed by atoms with Crippen LogP contribution in [0, 0.1) is 5.41 Å². The minimum absolute atomic E-state index is 0.0705. The van der Waals surface area contributed by atoms with Gasteiger partial charge < -0.3 is 25.5 Å². The number of aldehydes is 1. The van der Waals surface area contributed by atoms with Gasteiger partial charge >= 0.3 is 0 Å². The quantitative estimate of drug-likeness (QED) is 0.498. The number of benzene rings is 1. The van der Waals surface area contributed by atoms with Crippen molar-refractivity contribution in [1.82, 2.24) is 10.2 Å². The molecule has 0 saturated carbocycles. The van der Waals surface area contributed by atoms with E-state index in [2.05, 4.69) is 24.1 Å². The van der Waals surface area contributed by atoms with Gasteiger partial charge in [0.2, 0.25) is 0 Å². The molecule has 1 fully saturated rings. The number of likely N-dealkylation sites (tertiary alicyclic amines) is 1. The van der Waals surface area contributed by atoms with Crippen molar-refractivity contribution in [1.29, 1.82) is 5.41 Å². The molecule has 1 aliphatic rings. The maximum absolute atomic E-state index is 11.2. The van der Waals surface area contributed by atoms with Crippen LogP contribution < -0.4 is 10.1 Å². The maximum atomic E-state index is 11.2. The summed E-state index contributed by atoms with van der Waals surface area (Å²) in [5.74, 6) is 1.25. The van der Waals surface area contributed by atoms with Crippen LogP contribution in [0.5, 0.6) is 11.5 Å². The Bertz CT molecular complexity index is 628. The Kier molecular flexibility index (Phi) is 6.86. The van der Waals surface area contributed by atoms with Gasteiger partial charge in [0.25, 0.3) is 0 Å². The molecule has 0 radical (unpaired) electrons. The molecule has 0 aliphatic carbocycles. The smallest absolute Gasteiger partial charge is 0.157 e. The second kappa shape index (κ2) is 9.11. The first-order valence-electron chi connectivity index (χ1n) is 8.70. The Morgan fingerprint density at radius 1 is 1.48 bits per heavy atom. The number of hydrogen-bond donors (Lipinski definition) is 3. The zero-order chi connectivity index (χ0) is 18.2. The van der Waals surface area contributed by atoms with Gasteiger partial charge in [-0.05, 0) is 51.3 Å². The van der Waals surface area contributed by atoms with E-state index < -0.39 is 0 Å². The lowest BCUT2D eigenvalue weighted by Crippen LogP contribution is -2.47. The summed E-state index contributed by atoms with van der Waals surface area (Å²) in [6.45, 7) is 5.44. The average molecular weight is 345 g/mol. The Morgan fingerprint density at radius 2 is 2.28 bits per heavy atom. The molecule has 1 aromatic carbocycles. The van der Waals surface area contributed by atoms with E-state index in [-0.39, 0.29) is 23.4 Å². The van der Waals surface area contributed by atoms with Gasteiger partial charge in [0.15, 0.2) is 6.29 Å². The van der Waals surface area contributed by atoms with Crippen LogP contribution in [0.1, 0.15) is 43.5 Å². The molecule has 0 aromatic heterocycles. The van der Waals surface area contributed by atoms with Crippen molar-refractivity contribution in [2.75, 3.05) is 13.2 Å². The topological polar surface area (TPSA) is 85.7 Å². The summed E-state index contributed by atoms with van der Waals surface area (Å²) < 4.78 is 5.87. The molecule has 0 unspecified atom stereocenters. The summed E-state index contributed by atoms with van der Waals surface area (Å²) in [6, 6.07) is 5.24. The zero-order valence-corrected chi connectivity index (χ0v) is 14.9. The van der Waals surface area contributed by atoms with Gasteiger partial charge in [-0.15, -0.1) is 0 Å². The minimum atomic E-state index is -0.0705. The standard InChI is InChI=1S/C19H27N3O3/c1-14(2)21-19(9-10-20)22-11-4-3-6-15(22)13-25-18-8-5-7-17(24)16(18)12-23/h5,7-10,12,14-15,20-21,24H,3-4,6,11,13H2,1-2H3/b19-9+,20-10?/t15-/m0/s1. The third kappa shape index (κ3) is 4.98. The van der Waals surface area contributed by atoms with Gasteiger partial charge in [0.1, 0.15) is 23.9 Å². The second-order valence-electron chi connectivity index (χ2n) is 6.48. The fourth-order valence-electron chi connectivity index (χ4n) is 3.06. The maximum Gasteiger partial charge on any atom is 0.157 e. The lowest BCUT2D eigenvalue weighted by Gasteiger charge is -2.39. The molecule has 1 aliphatic heterocycles. The van der Waals surface area contributed by atoms with Crippen LogP contribution in [-0.4, -0.2) is 47.7 Å². The lowest BCUT2D eigenvalue weighted by atomic mass is 10.0. The van der Waals surface area contributed by atoms with E-state index in [0.717, 1.165) is 31.6 Å². The van der Waals surface area contributed by atoms with Gasteiger partial charge in [-0.1, -0.05) is 6.07 Å². The average Bonchev–Trinajstić information content (AvgIpc) is 2.59. The molecule has 1 saturated heterocycles. The Hall–Kier alpha value is -2.50. The number of piperidine rings is 1. The molecule has 6 heteroatoms. The van der Waals surface area contributed by atoms with Crippen molar-refractivity contribution in [2.24, 2.45) is 0 Å². The summed E-state index contributed by atoms with van der Waals surface area (Å²) in [6.07, 6.45) is 6.86. The van der Waals surface area contributed by atoms with Gasteiger partial charge in [-0.25, -0.2) is 0 Å². The monoisotopic (exact) mass is 345 g/mol. The Labute approximate surface area is 149 Å². The number of nitrogens with one attached hydrogen (secondary N) is 2. The number of ether oxygens (including phenoxy) is 1. The van der Waals surface area contributed by atoms with E-state index in [9.17, 15) is 9.90 Å². The first-order valence-corrected chi connectivity index (χ1v) is 8.70. The molecular weight excluding hydrogens is 318 g/mol. The largest absolute Gasteiger partial charge is 0.507 e. The fourth-order valence-corrected chi connectivity index (χ4v) is 3.06. The highest BCUT2D eigenvalue weighted by molar-refractivity contribution is 5.83. The minimum Gasteiger partial charge on any atom is -0.507 e. The van der Waals surface area contributed by atoms with E-state index in [1.54, 1.807) is 18.2 Å². The summed E-state index contributed by atoms with van der Waals surface area (Å²) in [4.78, 5) is 13.4. The lowest BCUT2D eigenvalue weighted by molar-refractivity contribution is 0.109. The van der Waals surface area contributed by atoms with Crippen LogP contribution in [0.25, 0.3) is 0 Å². The number of rotatable bonds is 8. The number of hydrogen-bond acceptors (Lipinski definition) is 6. The molecule has 0 spiro atoms. The molecule has 1 atom stereocenters. The molecule has 0 amide bonds. The van der Waals surface area contributed by atoms with Gasteiger partial charge in [0, 0.05) is 18.8 Å². The van der Waals surface area contributed by atoms with E-state index >= 15 is 0 Å². The van der Waals surface area contributed by atoms with Crippen LogP contribution in [0.3, 0.4) is 0 Å².